The van der Waals surface area contributed by atoms with Gasteiger partial charge in [0, 0.05) is 37.8 Å². The number of methoxy groups -OCH3 is 2. The maximum Gasteiger partial charge on any atom is 0.255 e. The lowest BCUT2D eigenvalue weighted by Gasteiger charge is -2.37. The zero-order valence-electron chi connectivity index (χ0n) is 16.0. The van der Waals surface area contributed by atoms with E-state index >= 15 is 0 Å². The minimum Gasteiger partial charge on any atom is -0.497 e. The van der Waals surface area contributed by atoms with Gasteiger partial charge in [-0.1, -0.05) is 0 Å². The van der Waals surface area contributed by atoms with E-state index in [9.17, 15) is 4.79 Å². The van der Waals surface area contributed by atoms with Gasteiger partial charge in [0.25, 0.3) is 5.56 Å². The molecule has 1 saturated heterocycles. The van der Waals surface area contributed by atoms with Gasteiger partial charge in [0.05, 0.1) is 25.6 Å². The molecule has 0 bridgehead atoms. The van der Waals surface area contributed by atoms with Crippen LogP contribution in [0.3, 0.4) is 0 Å². The van der Waals surface area contributed by atoms with Crippen LogP contribution in [0, 0.1) is 0 Å². The quantitative estimate of drug-likeness (QED) is 0.888. The van der Waals surface area contributed by atoms with E-state index in [-0.39, 0.29) is 5.56 Å². The van der Waals surface area contributed by atoms with Gasteiger partial charge in [-0.25, -0.2) is 4.98 Å². The van der Waals surface area contributed by atoms with Crippen LogP contribution in [0.2, 0.25) is 0 Å². The summed E-state index contributed by atoms with van der Waals surface area (Å²) >= 11 is 0. The highest BCUT2D eigenvalue weighted by Crippen LogP contribution is 2.33. The van der Waals surface area contributed by atoms with E-state index in [1.165, 1.54) is 0 Å². The molecule has 7 nitrogen and oxygen atoms in total. The van der Waals surface area contributed by atoms with E-state index in [4.69, 9.17) is 14.5 Å². The zero-order chi connectivity index (χ0) is 18.8. The molecule has 27 heavy (non-hydrogen) atoms. The Morgan fingerprint density at radius 1 is 1.00 bits per heavy atom. The van der Waals surface area contributed by atoms with Gasteiger partial charge in [0.2, 0.25) is 5.95 Å². The SMILES string of the molecule is COc1ccc(N2CCN(c3nc4c(c(=O)[nH]3)CCCC4)CC2)c(OC)c1. The molecule has 0 amide bonds. The molecule has 0 unspecified atom stereocenters. The maximum atomic E-state index is 12.4. The zero-order valence-corrected chi connectivity index (χ0v) is 16.0. The molecule has 2 heterocycles. The van der Waals surface area contributed by atoms with Crippen LogP contribution < -0.4 is 24.8 Å². The standard InChI is InChI=1S/C20H26N4O3/c1-26-14-7-8-17(18(13-14)27-2)23-9-11-24(12-10-23)20-21-16-6-4-3-5-15(16)19(25)22-20/h7-8,13H,3-6,9-12H2,1-2H3,(H,21,22,25). The van der Waals surface area contributed by atoms with E-state index in [0.29, 0.717) is 5.95 Å². The fourth-order valence-electron chi connectivity index (χ4n) is 3.95. The Hall–Kier alpha value is -2.70. The van der Waals surface area contributed by atoms with Crippen LogP contribution in [0.1, 0.15) is 24.1 Å². The number of fused-ring (bicyclic) bond motifs is 1. The van der Waals surface area contributed by atoms with Gasteiger partial charge in [-0.05, 0) is 37.8 Å². The van der Waals surface area contributed by atoms with E-state index < -0.39 is 0 Å². The largest absolute Gasteiger partial charge is 0.497 e. The number of nitrogens with one attached hydrogen (secondary N) is 1. The Labute approximate surface area is 158 Å². The van der Waals surface area contributed by atoms with E-state index in [1.807, 2.05) is 18.2 Å². The second-order valence-electron chi connectivity index (χ2n) is 7.03. The second-order valence-corrected chi connectivity index (χ2v) is 7.03. The summed E-state index contributed by atoms with van der Waals surface area (Å²) in [5.41, 5.74) is 2.96. The number of anilines is 2. The second kappa shape index (κ2) is 7.50. The van der Waals surface area contributed by atoms with Crippen molar-refractivity contribution >= 4 is 11.6 Å². The summed E-state index contributed by atoms with van der Waals surface area (Å²) in [5, 5.41) is 0. The molecule has 1 aromatic carbocycles. The molecule has 0 spiro atoms. The number of rotatable bonds is 4. The Kier molecular flexibility index (Phi) is 4.92. The van der Waals surface area contributed by atoms with Crippen molar-refractivity contribution in [3.63, 3.8) is 0 Å². The summed E-state index contributed by atoms with van der Waals surface area (Å²) in [6.45, 7) is 3.28. The van der Waals surface area contributed by atoms with Crippen molar-refractivity contribution in [2.45, 2.75) is 25.7 Å². The summed E-state index contributed by atoms with van der Waals surface area (Å²) in [5.74, 6) is 2.30. The molecule has 0 radical (unpaired) electrons. The number of piperazine rings is 1. The van der Waals surface area contributed by atoms with Crippen LogP contribution in [0.5, 0.6) is 11.5 Å². The van der Waals surface area contributed by atoms with Crippen LogP contribution in [-0.2, 0) is 12.8 Å². The molecule has 1 aliphatic heterocycles. The van der Waals surface area contributed by atoms with Crippen molar-refractivity contribution in [2.75, 3.05) is 50.2 Å². The van der Waals surface area contributed by atoms with Crippen molar-refractivity contribution in [1.29, 1.82) is 0 Å². The fourth-order valence-corrected chi connectivity index (χ4v) is 3.95. The van der Waals surface area contributed by atoms with Gasteiger partial charge < -0.3 is 19.3 Å². The highest BCUT2D eigenvalue weighted by atomic mass is 16.5. The average molecular weight is 370 g/mol. The molecule has 1 fully saturated rings. The van der Waals surface area contributed by atoms with Crippen LogP contribution in [0.15, 0.2) is 23.0 Å². The predicted octanol–water partition coefficient (Wildman–Crippen LogP) is 1.99. The normalized spacial score (nSPS) is 16.8. The maximum absolute atomic E-state index is 12.4. The first-order valence-electron chi connectivity index (χ1n) is 9.53. The number of hydrogen-bond acceptors (Lipinski definition) is 6. The number of aryl methyl sites for hydroxylation is 1. The lowest BCUT2D eigenvalue weighted by Crippen LogP contribution is -2.47. The molecule has 2 aromatic rings. The highest BCUT2D eigenvalue weighted by molar-refractivity contribution is 5.62. The van der Waals surface area contributed by atoms with Crippen LogP contribution in [0.25, 0.3) is 0 Å². The summed E-state index contributed by atoms with van der Waals surface area (Å²) in [7, 11) is 3.33. The third kappa shape index (κ3) is 3.46. The molecular weight excluding hydrogens is 344 g/mol. The number of aromatic amines is 1. The third-order valence-corrected chi connectivity index (χ3v) is 5.49. The van der Waals surface area contributed by atoms with Gasteiger partial charge in [-0.2, -0.15) is 0 Å². The first-order valence-corrected chi connectivity index (χ1v) is 9.53. The van der Waals surface area contributed by atoms with Crippen molar-refractivity contribution in [3.05, 3.63) is 39.8 Å². The van der Waals surface area contributed by atoms with Gasteiger partial charge >= 0.3 is 0 Å². The monoisotopic (exact) mass is 370 g/mol. The van der Waals surface area contributed by atoms with Crippen molar-refractivity contribution < 1.29 is 9.47 Å². The molecule has 1 N–H and O–H groups in total. The van der Waals surface area contributed by atoms with Crippen molar-refractivity contribution in [3.8, 4) is 11.5 Å². The minimum atomic E-state index is 0.0361. The minimum absolute atomic E-state index is 0.0361. The molecule has 2 aliphatic rings. The van der Waals surface area contributed by atoms with E-state index in [1.54, 1.807) is 14.2 Å². The molecular formula is C20H26N4O3. The van der Waals surface area contributed by atoms with Gasteiger partial charge in [0.1, 0.15) is 11.5 Å². The smallest absolute Gasteiger partial charge is 0.255 e. The Bertz CT molecular complexity index is 872. The molecule has 1 aliphatic carbocycles. The van der Waals surface area contributed by atoms with E-state index in [2.05, 4.69) is 14.8 Å². The van der Waals surface area contributed by atoms with Crippen molar-refractivity contribution in [2.24, 2.45) is 0 Å². The topological polar surface area (TPSA) is 70.7 Å². The average Bonchev–Trinajstić information content (AvgIpc) is 2.73. The number of aromatic nitrogens is 2. The number of H-pyrrole nitrogens is 1. The lowest BCUT2D eigenvalue weighted by molar-refractivity contribution is 0.394. The van der Waals surface area contributed by atoms with Gasteiger partial charge in [-0.15, -0.1) is 0 Å². The first-order chi connectivity index (χ1) is 13.2. The third-order valence-electron chi connectivity index (χ3n) is 5.49. The van der Waals surface area contributed by atoms with Crippen LogP contribution >= 0.6 is 0 Å². The Balaban J connectivity index is 1.50. The highest BCUT2D eigenvalue weighted by Gasteiger charge is 2.23. The molecule has 144 valence electrons. The van der Waals surface area contributed by atoms with Gasteiger partial charge in [-0.3, -0.25) is 9.78 Å². The molecule has 0 saturated carbocycles. The summed E-state index contributed by atoms with van der Waals surface area (Å²) < 4.78 is 10.8. The van der Waals surface area contributed by atoms with Crippen molar-refractivity contribution in [1.82, 2.24) is 9.97 Å². The number of ether oxygens (including phenoxy) is 2. The number of benzene rings is 1. The Morgan fingerprint density at radius 3 is 2.48 bits per heavy atom. The molecule has 4 rings (SSSR count). The lowest BCUT2D eigenvalue weighted by atomic mass is 9.97. The van der Waals surface area contributed by atoms with Crippen LogP contribution in [0.4, 0.5) is 11.6 Å². The fraction of sp³-hybridized carbons (Fsp3) is 0.500. The van der Waals surface area contributed by atoms with Gasteiger partial charge in [0.15, 0.2) is 0 Å². The van der Waals surface area contributed by atoms with E-state index in [0.717, 1.165) is 80.3 Å². The predicted molar refractivity (Wildman–Crippen MR) is 105 cm³/mol. The molecule has 7 heteroatoms. The number of nitrogens with zero attached hydrogens (tertiary/aromatic N) is 3. The Morgan fingerprint density at radius 2 is 1.74 bits per heavy atom. The summed E-state index contributed by atoms with van der Waals surface area (Å²) in [4.78, 5) is 24.6. The summed E-state index contributed by atoms with van der Waals surface area (Å²) in [6, 6.07) is 5.89. The first kappa shape index (κ1) is 17.7. The van der Waals surface area contributed by atoms with Crippen LogP contribution in [-0.4, -0.2) is 50.4 Å². The molecule has 1 aromatic heterocycles. The summed E-state index contributed by atoms with van der Waals surface area (Å²) in [6.07, 6.45) is 3.96. The molecule has 0 atom stereocenters. The number of hydrogen-bond donors (Lipinski definition) is 1.